The highest BCUT2D eigenvalue weighted by Gasteiger charge is 1.93. The molecule has 1 aromatic carbocycles. The normalized spacial score (nSPS) is 10.1. The average Bonchev–Trinajstić information content (AvgIpc) is 2.34. The zero-order chi connectivity index (χ0) is 12.1. The summed E-state index contributed by atoms with van der Waals surface area (Å²) >= 11 is 0. The molecule has 94 valence electrons. The van der Waals surface area contributed by atoms with Crippen molar-refractivity contribution in [1.29, 1.82) is 0 Å². The van der Waals surface area contributed by atoms with Gasteiger partial charge in [0.15, 0.2) is 0 Å². The number of nitrogens with zero attached hydrogens (tertiary/aromatic N) is 3. The molecule has 5 nitrogen and oxygen atoms in total. The highest BCUT2D eigenvalue weighted by Crippen LogP contribution is 2.12. The maximum absolute atomic E-state index is 5.38. The number of nitrogens with two attached hydrogens (primary N) is 1. The Morgan fingerprint density at radius 1 is 1.22 bits per heavy atom. The number of aryl methyl sites for hydroxylation is 1. The van der Waals surface area contributed by atoms with Crippen molar-refractivity contribution in [2.24, 2.45) is 5.10 Å². The van der Waals surface area contributed by atoms with Gasteiger partial charge in [-0.3, -0.25) is 5.43 Å². The first-order chi connectivity index (χ1) is 8.25. The molecular formula is C12H14ClN5. The topological polar surface area (TPSA) is 76.2 Å². The number of hydrazone groups is 1. The smallest absolute Gasteiger partial charge is 0.219 e. The van der Waals surface area contributed by atoms with Crippen molar-refractivity contribution in [3.63, 3.8) is 0 Å². The van der Waals surface area contributed by atoms with E-state index in [0.29, 0.717) is 0 Å². The number of benzene rings is 1. The van der Waals surface area contributed by atoms with Crippen LogP contribution in [0.2, 0.25) is 0 Å². The second kappa shape index (κ2) is 6.56. The first kappa shape index (κ1) is 13.9. The van der Waals surface area contributed by atoms with Gasteiger partial charge < -0.3 is 5.73 Å². The molecule has 2 rings (SSSR count). The van der Waals surface area contributed by atoms with Crippen LogP contribution in [0.5, 0.6) is 0 Å². The minimum Gasteiger partial charge on any atom is -0.368 e. The van der Waals surface area contributed by atoms with Gasteiger partial charge in [0.05, 0.1) is 11.9 Å². The molecular weight excluding hydrogens is 250 g/mol. The van der Waals surface area contributed by atoms with Gasteiger partial charge in [0.25, 0.3) is 0 Å². The molecule has 1 heterocycles. The predicted molar refractivity (Wildman–Crippen MR) is 76.1 cm³/mol. The molecule has 0 atom stereocenters. The fraction of sp³-hybridized carbons (Fsp3) is 0.0833. The van der Waals surface area contributed by atoms with Gasteiger partial charge in [0.2, 0.25) is 5.95 Å². The summed E-state index contributed by atoms with van der Waals surface area (Å²) in [5, 5.41) is 4.11. The summed E-state index contributed by atoms with van der Waals surface area (Å²) < 4.78 is 0. The van der Waals surface area contributed by atoms with Crippen molar-refractivity contribution >= 4 is 30.3 Å². The van der Waals surface area contributed by atoms with Gasteiger partial charge in [-0.05, 0) is 18.6 Å². The van der Waals surface area contributed by atoms with Crippen LogP contribution < -0.4 is 11.2 Å². The number of nitrogen functional groups attached to an aromatic ring is 1. The molecule has 0 fully saturated rings. The SMILES string of the molecule is Cc1ccccc1NN=Cc1cnc(N)nc1.Cl. The van der Waals surface area contributed by atoms with Crippen LogP contribution in [0.4, 0.5) is 11.6 Å². The van der Waals surface area contributed by atoms with Gasteiger partial charge in [0, 0.05) is 18.0 Å². The number of rotatable bonds is 3. The molecule has 2 aromatic rings. The first-order valence-electron chi connectivity index (χ1n) is 5.18. The van der Waals surface area contributed by atoms with Crippen LogP contribution in [0.3, 0.4) is 0 Å². The zero-order valence-electron chi connectivity index (χ0n) is 9.87. The number of nitrogens with one attached hydrogen (secondary N) is 1. The number of para-hydroxylation sites is 1. The molecule has 1 aromatic heterocycles. The summed E-state index contributed by atoms with van der Waals surface area (Å²) in [4.78, 5) is 7.74. The molecule has 3 N–H and O–H groups in total. The highest BCUT2D eigenvalue weighted by molar-refractivity contribution is 5.85. The lowest BCUT2D eigenvalue weighted by Crippen LogP contribution is -1.97. The van der Waals surface area contributed by atoms with E-state index in [-0.39, 0.29) is 18.4 Å². The second-order valence-electron chi connectivity index (χ2n) is 3.56. The number of aromatic nitrogens is 2. The Morgan fingerprint density at radius 2 is 1.89 bits per heavy atom. The van der Waals surface area contributed by atoms with Crippen LogP contribution >= 0.6 is 12.4 Å². The second-order valence-corrected chi connectivity index (χ2v) is 3.56. The fourth-order valence-corrected chi connectivity index (χ4v) is 1.29. The summed E-state index contributed by atoms with van der Waals surface area (Å²) in [5.41, 5.74) is 11.2. The van der Waals surface area contributed by atoms with E-state index in [9.17, 15) is 0 Å². The Kier molecular flexibility index (Phi) is 5.07. The largest absolute Gasteiger partial charge is 0.368 e. The van der Waals surface area contributed by atoms with Crippen molar-refractivity contribution in [2.75, 3.05) is 11.2 Å². The molecule has 0 amide bonds. The third-order valence-electron chi connectivity index (χ3n) is 2.24. The van der Waals surface area contributed by atoms with E-state index in [1.165, 1.54) is 0 Å². The molecule has 0 aliphatic carbocycles. The molecule has 6 heteroatoms. The Bertz CT molecular complexity index is 524. The van der Waals surface area contributed by atoms with Crippen molar-refractivity contribution in [3.05, 3.63) is 47.8 Å². The van der Waals surface area contributed by atoms with Gasteiger partial charge in [-0.2, -0.15) is 5.10 Å². The third kappa shape index (κ3) is 3.71. The van der Waals surface area contributed by atoms with E-state index in [4.69, 9.17) is 5.73 Å². The lowest BCUT2D eigenvalue weighted by Gasteiger charge is -2.03. The Morgan fingerprint density at radius 3 is 2.56 bits per heavy atom. The van der Waals surface area contributed by atoms with Crippen molar-refractivity contribution in [3.8, 4) is 0 Å². The van der Waals surface area contributed by atoms with E-state index in [0.717, 1.165) is 16.8 Å². The van der Waals surface area contributed by atoms with Gasteiger partial charge in [-0.1, -0.05) is 18.2 Å². The summed E-state index contributed by atoms with van der Waals surface area (Å²) in [6.45, 7) is 2.02. The predicted octanol–water partition coefficient (Wildman–Crippen LogP) is 2.24. The zero-order valence-corrected chi connectivity index (χ0v) is 10.7. The summed E-state index contributed by atoms with van der Waals surface area (Å²) in [5.74, 6) is 0.258. The van der Waals surface area contributed by atoms with Crippen LogP contribution in [0.25, 0.3) is 0 Å². The molecule has 18 heavy (non-hydrogen) atoms. The van der Waals surface area contributed by atoms with Crippen LogP contribution in [-0.4, -0.2) is 16.2 Å². The molecule has 0 spiro atoms. The Hall–Kier alpha value is -2.14. The van der Waals surface area contributed by atoms with Crippen LogP contribution in [-0.2, 0) is 0 Å². The molecule has 0 radical (unpaired) electrons. The number of hydrogen-bond donors (Lipinski definition) is 2. The van der Waals surface area contributed by atoms with Crippen LogP contribution in [0, 0.1) is 6.92 Å². The van der Waals surface area contributed by atoms with E-state index in [1.54, 1.807) is 18.6 Å². The minimum atomic E-state index is 0. The number of hydrogen-bond acceptors (Lipinski definition) is 5. The summed E-state index contributed by atoms with van der Waals surface area (Å²) in [7, 11) is 0. The Labute approximate surface area is 112 Å². The first-order valence-corrected chi connectivity index (χ1v) is 5.18. The molecule has 0 saturated heterocycles. The lowest BCUT2D eigenvalue weighted by atomic mass is 10.2. The summed E-state index contributed by atoms with van der Waals surface area (Å²) in [6, 6.07) is 7.92. The number of halogens is 1. The average molecular weight is 264 g/mol. The molecule has 0 aliphatic rings. The maximum atomic E-state index is 5.38. The standard InChI is InChI=1S/C12H13N5.ClH/c1-9-4-2-3-5-11(9)17-16-8-10-6-14-12(13)15-7-10;/h2-8,17H,1H3,(H2,13,14,15);1H. The van der Waals surface area contributed by atoms with Crippen LogP contribution in [0.1, 0.15) is 11.1 Å². The van der Waals surface area contributed by atoms with Gasteiger partial charge in [-0.25, -0.2) is 9.97 Å². The minimum absolute atomic E-state index is 0. The third-order valence-corrected chi connectivity index (χ3v) is 2.24. The van der Waals surface area contributed by atoms with Crippen LogP contribution in [0.15, 0.2) is 41.8 Å². The van der Waals surface area contributed by atoms with Gasteiger partial charge in [0.1, 0.15) is 0 Å². The summed E-state index contributed by atoms with van der Waals surface area (Å²) in [6.07, 6.45) is 4.88. The molecule has 0 bridgehead atoms. The highest BCUT2D eigenvalue weighted by atomic mass is 35.5. The van der Waals surface area contributed by atoms with Gasteiger partial charge >= 0.3 is 0 Å². The van der Waals surface area contributed by atoms with Crippen molar-refractivity contribution in [1.82, 2.24) is 9.97 Å². The fourth-order valence-electron chi connectivity index (χ4n) is 1.29. The quantitative estimate of drug-likeness (QED) is 0.658. The number of anilines is 2. The van der Waals surface area contributed by atoms with Crippen molar-refractivity contribution < 1.29 is 0 Å². The van der Waals surface area contributed by atoms with E-state index < -0.39 is 0 Å². The van der Waals surface area contributed by atoms with E-state index in [2.05, 4.69) is 20.5 Å². The lowest BCUT2D eigenvalue weighted by molar-refractivity contribution is 1.18. The monoisotopic (exact) mass is 263 g/mol. The van der Waals surface area contributed by atoms with Crippen molar-refractivity contribution in [2.45, 2.75) is 6.92 Å². The molecule has 0 aliphatic heterocycles. The molecule has 0 saturated carbocycles. The van der Waals surface area contributed by atoms with E-state index >= 15 is 0 Å². The molecule has 0 unspecified atom stereocenters. The van der Waals surface area contributed by atoms with Gasteiger partial charge in [-0.15, -0.1) is 12.4 Å². The Balaban J connectivity index is 0.00000162. The van der Waals surface area contributed by atoms with E-state index in [1.807, 2.05) is 31.2 Å². The maximum Gasteiger partial charge on any atom is 0.219 e.